The molecule has 0 saturated carbocycles. The van der Waals surface area contributed by atoms with Gasteiger partial charge in [0.1, 0.15) is 10.8 Å². The number of hydrogen-bond donors (Lipinski definition) is 1. The summed E-state index contributed by atoms with van der Waals surface area (Å²) >= 11 is 1.54. The van der Waals surface area contributed by atoms with Crippen molar-refractivity contribution in [3.8, 4) is 0 Å². The van der Waals surface area contributed by atoms with E-state index < -0.39 is 0 Å². The molecule has 6 heteroatoms. The Kier molecular flexibility index (Phi) is 7.75. The van der Waals surface area contributed by atoms with Gasteiger partial charge >= 0.3 is 0 Å². The van der Waals surface area contributed by atoms with Gasteiger partial charge in [0.25, 0.3) is 11.8 Å². The molecule has 4 nitrogen and oxygen atoms in total. The first kappa shape index (κ1) is 24.4. The molecule has 1 aliphatic rings. The second-order valence-corrected chi connectivity index (χ2v) is 10.9. The number of rotatable bonds is 7. The van der Waals surface area contributed by atoms with Crippen LogP contribution >= 0.6 is 11.3 Å². The number of thiophene rings is 1. The summed E-state index contributed by atoms with van der Waals surface area (Å²) in [5, 5.41) is 3.61. The molecular weight excluding hydrogens is 423 g/mol. The first-order valence-electron chi connectivity index (χ1n) is 11.7. The highest BCUT2D eigenvalue weighted by atomic mass is 32.1. The maximum absolute atomic E-state index is 13.7. The van der Waals surface area contributed by atoms with E-state index in [9.17, 15) is 14.0 Å². The summed E-state index contributed by atoms with van der Waals surface area (Å²) in [5.74, 6) is -0.149. The molecule has 1 N–H and O–H groups in total. The van der Waals surface area contributed by atoms with E-state index in [4.69, 9.17) is 0 Å². The predicted molar refractivity (Wildman–Crippen MR) is 130 cm³/mol. The Labute approximate surface area is 195 Å². The van der Waals surface area contributed by atoms with E-state index in [1.54, 1.807) is 0 Å². The molecule has 2 aromatic rings. The van der Waals surface area contributed by atoms with Gasteiger partial charge in [-0.05, 0) is 73.3 Å². The number of amides is 2. The van der Waals surface area contributed by atoms with Gasteiger partial charge in [-0.25, -0.2) is 4.39 Å². The summed E-state index contributed by atoms with van der Waals surface area (Å²) in [6.07, 6.45) is 4.61. The number of anilines is 1. The van der Waals surface area contributed by atoms with Crippen molar-refractivity contribution >= 4 is 28.2 Å². The van der Waals surface area contributed by atoms with E-state index in [0.29, 0.717) is 35.1 Å². The van der Waals surface area contributed by atoms with Crippen LogP contribution in [0.25, 0.3) is 0 Å². The molecule has 0 radical (unpaired) electrons. The fraction of sp³-hybridized carbons (Fsp3) is 0.538. The first-order chi connectivity index (χ1) is 15.2. The highest BCUT2D eigenvalue weighted by molar-refractivity contribution is 7.17. The van der Waals surface area contributed by atoms with E-state index in [1.165, 1.54) is 40.5 Å². The Morgan fingerprint density at radius 1 is 1.12 bits per heavy atom. The van der Waals surface area contributed by atoms with E-state index >= 15 is 0 Å². The lowest BCUT2D eigenvalue weighted by Gasteiger charge is -2.34. The molecule has 0 aliphatic heterocycles. The number of nitrogens with one attached hydrogen (secondary N) is 1. The van der Waals surface area contributed by atoms with Crippen molar-refractivity contribution in [1.82, 2.24) is 4.90 Å². The average Bonchev–Trinajstić information content (AvgIpc) is 3.09. The SMILES string of the molecule is CCCN(CCC)C(=O)c1c(NC(=O)c2ccc(F)cc2)sc2c1CCC(C(C)(C)C)C2. The molecule has 1 aromatic heterocycles. The summed E-state index contributed by atoms with van der Waals surface area (Å²) in [5.41, 5.74) is 2.34. The summed E-state index contributed by atoms with van der Waals surface area (Å²) in [6.45, 7) is 12.4. The van der Waals surface area contributed by atoms with Gasteiger partial charge in [-0.2, -0.15) is 0 Å². The van der Waals surface area contributed by atoms with Crippen LogP contribution in [0.4, 0.5) is 9.39 Å². The fourth-order valence-electron chi connectivity index (χ4n) is 4.43. The maximum atomic E-state index is 13.7. The average molecular weight is 459 g/mol. The molecule has 1 heterocycles. The normalized spacial score (nSPS) is 15.9. The highest BCUT2D eigenvalue weighted by Gasteiger charge is 2.35. The predicted octanol–water partition coefficient (Wildman–Crippen LogP) is 6.55. The molecule has 174 valence electrons. The zero-order valence-electron chi connectivity index (χ0n) is 19.9. The number of halogens is 1. The van der Waals surface area contributed by atoms with Crippen molar-refractivity contribution in [2.75, 3.05) is 18.4 Å². The van der Waals surface area contributed by atoms with Crippen LogP contribution in [-0.4, -0.2) is 29.8 Å². The van der Waals surface area contributed by atoms with Gasteiger partial charge in [0.15, 0.2) is 0 Å². The number of hydrogen-bond acceptors (Lipinski definition) is 3. The number of benzene rings is 1. The Hall–Kier alpha value is -2.21. The maximum Gasteiger partial charge on any atom is 0.257 e. The molecule has 0 spiro atoms. The third kappa shape index (κ3) is 5.40. The van der Waals surface area contributed by atoms with Gasteiger partial charge in [-0.15, -0.1) is 11.3 Å². The topological polar surface area (TPSA) is 49.4 Å². The Balaban J connectivity index is 1.99. The second kappa shape index (κ2) is 10.2. The summed E-state index contributed by atoms with van der Waals surface area (Å²) < 4.78 is 13.3. The van der Waals surface area contributed by atoms with Gasteiger partial charge in [-0.1, -0.05) is 34.6 Å². The number of carbonyl (C=O) groups excluding carboxylic acids is 2. The van der Waals surface area contributed by atoms with Gasteiger partial charge in [-0.3, -0.25) is 9.59 Å². The van der Waals surface area contributed by atoms with Gasteiger partial charge in [0, 0.05) is 23.5 Å². The Bertz CT molecular complexity index is 953. The lowest BCUT2D eigenvalue weighted by Crippen LogP contribution is -2.34. The third-order valence-electron chi connectivity index (χ3n) is 6.31. The molecule has 1 aliphatic carbocycles. The van der Waals surface area contributed by atoms with Crippen LogP contribution in [0.5, 0.6) is 0 Å². The van der Waals surface area contributed by atoms with Crippen LogP contribution in [0.3, 0.4) is 0 Å². The van der Waals surface area contributed by atoms with Crippen LogP contribution in [0, 0.1) is 17.2 Å². The zero-order chi connectivity index (χ0) is 23.5. The molecule has 1 atom stereocenters. The van der Waals surface area contributed by atoms with Gasteiger partial charge < -0.3 is 10.2 Å². The summed E-state index contributed by atoms with van der Waals surface area (Å²) in [6, 6.07) is 5.49. The molecule has 2 amide bonds. The van der Waals surface area contributed by atoms with Gasteiger partial charge in [0.05, 0.1) is 5.56 Å². The van der Waals surface area contributed by atoms with Crippen LogP contribution < -0.4 is 5.32 Å². The molecule has 0 bridgehead atoms. The summed E-state index contributed by atoms with van der Waals surface area (Å²) in [7, 11) is 0. The zero-order valence-corrected chi connectivity index (χ0v) is 20.7. The minimum Gasteiger partial charge on any atom is -0.339 e. The minimum atomic E-state index is -0.382. The van der Waals surface area contributed by atoms with Crippen molar-refractivity contribution in [2.24, 2.45) is 11.3 Å². The first-order valence-corrected chi connectivity index (χ1v) is 12.5. The molecule has 1 unspecified atom stereocenters. The molecular formula is C26H35FN2O2S. The van der Waals surface area contributed by atoms with Crippen molar-refractivity contribution in [3.63, 3.8) is 0 Å². The van der Waals surface area contributed by atoms with E-state index in [-0.39, 0.29) is 23.0 Å². The molecule has 0 fully saturated rings. The largest absolute Gasteiger partial charge is 0.339 e. The quantitative estimate of drug-likeness (QED) is 0.511. The Morgan fingerprint density at radius 3 is 2.31 bits per heavy atom. The minimum absolute atomic E-state index is 0.00909. The molecule has 32 heavy (non-hydrogen) atoms. The number of nitrogens with zero attached hydrogens (tertiary/aromatic N) is 1. The van der Waals surface area contributed by atoms with Crippen LogP contribution in [-0.2, 0) is 12.8 Å². The third-order valence-corrected chi connectivity index (χ3v) is 7.48. The van der Waals surface area contributed by atoms with E-state index in [1.807, 2.05) is 4.90 Å². The highest BCUT2D eigenvalue weighted by Crippen LogP contribution is 2.44. The Morgan fingerprint density at radius 2 is 1.75 bits per heavy atom. The van der Waals surface area contributed by atoms with E-state index in [0.717, 1.165) is 37.7 Å². The lowest BCUT2D eigenvalue weighted by atomic mass is 9.72. The molecule has 3 rings (SSSR count). The smallest absolute Gasteiger partial charge is 0.257 e. The second-order valence-electron chi connectivity index (χ2n) is 9.77. The standard InChI is InChI=1S/C26H35FN2O2S/c1-6-14-29(15-7-2)25(31)22-20-13-10-18(26(3,4)5)16-21(20)32-24(22)28-23(30)17-8-11-19(27)12-9-17/h8-9,11-12,18H,6-7,10,13-16H2,1-5H3,(H,28,30). The molecule has 1 aromatic carbocycles. The fourth-order valence-corrected chi connectivity index (χ4v) is 5.74. The van der Waals surface area contributed by atoms with Crippen LogP contribution in [0.15, 0.2) is 24.3 Å². The van der Waals surface area contributed by atoms with E-state index in [2.05, 4.69) is 39.9 Å². The van der Waals surface area contributed by atoms with Crippen LogP contribution in [0.2, 0.25) is 0 Å². The summed E-state index contributed by atoms with van der Waals surface area (Å²) in [4.78, 5) is 29.7. The van der Waals surface area contributed by atoms with Gasteiger partial charge in [0.2, 0.25) is 0 Å². The molecule has 0 saturated heterocycles. The van der Waals surface area contributed by atoms with Crippen LogP contribution in [0.1, 0.15) is 85.0 Å². The van der Waals surface area contributed by atoms with Crippen molar-refractivity contribution < 1.29 is 14.0 Å². The number of fused-ring (bicyclic) bond motifs is 1. The number of carbonyl (C=O) groups is 2. The van der Waals surface area contributed by atoms with Crippen molar-refractivity contribution in [1.29, 1.82) is 0 Å². The lowest BCUT2D eigenvalue weighted by molar-refractivity contribution is 0.0755. The monoisotopic (exact) mass is 458 g/mol. The van der Waals surface area contributed by atoms with Crippen molar-refractivity contribution in [2.45, 2.75) is 66.7 Å². The van der Waals surface area contributed by atoms with Crippen molar-refractivity contribution in [3.05, 3.63) is 51.7 Å².